The first kappa shape index (κ1) is 15.2. The number of aliphatic hydroxyl groups is 1. The second-order valence-electron chi connectivity index (χ2n) is 5.54. The van der Waals surface area contributed by atoms with Gasteiger partial charge >= 0.3 is 0 Å². The number of aliphatic hydroxyl groups excluding tert-OH is 1. The number of β-amino-alcohol motifs (C(OH)–C–C–N with tert-alkyl or cyclic N) is 1. The normalized spacial score (nSPS) is 17.8. The smallest absolute Gasteiger partial charge is 0.195 e. The zero-order chi connectivity index (χ0) is 14.7. The summed E-state index contributed by atoms with van der Waals surface area (Å²) in [5, 5.41) is 15.1. The van der Waals surface area contributed by atoms with Crippen molar-refractivity contribution in [3.05, 3.63) is 22.4 Å². The fourth-order valence-electron chi connectivity index (χ4n) is 2.91. The van der Waals surface area contributed by atoms with Crippen molar-refractivity contribution in [2.24, 2.45) is 5.92 Å². The van der Waals surface area contributed by atoms with Crippen LogP contribution in [0.4, 0.5) is 0 Å². The average molecular weight is 329 g/mol. The molecule has 0 bridgehead atoms. The minimum Gasteiger partial charge on any atom is -0.395 e. The lowest BCUT2D eigenvalue weighted by Crippen LogP contribution is -2.38. The molecule has 1 aliphatic heterocycles. The number of likely N-dealkylation sites (tertiary alicyclic amines) is 1. The van der Waals surface area contributed by atoms with Gasteiger partial charge < -0.3 is 15.3 Å². The summed E-state index contributed by atoms with van der Waals surface area (Å²) in [5.74, 6) is 0.713. The lowest BCUT2D eigenvalue weighted by molar-refractivity contribution is 0.146. The Bertz CT molecular complexity index is 577. The topological polar surface area (TPSA) is 52.8 Å². The predicted octanol–water partition coefficient (Wildman–Crippen LogP) is 1.84. The minimum atomic E-state index is 0.263. The van der Waals surface area contributed by atoms with Gasteiger partial charge in [0.15, 0.2) is 10.1 Å². The molecule has 0 saturated carbocycles. The van der Waals surface area contributed by atoms with E-state index in [1.54, 1.807) is 11.3 Å². The number of piperidine rings is 1. The van der Waals surface area contributed by atoms with E-state index < -0.39 is 0 Å². The van der Waals surface area contributed by atoms with Crippen LogP contribution in [-0.4, -0.2) is 52.2 Å². The first-order valence-corrected chi connectivity index (χ1v) is 8.67. The number of aromatic nitrogens is 2. The molecule has 0 radical (unpaired) electrons. The predicted molar refractivity (Wildman–Crippen MR) is 86.0 cm³/mol. The molecular weight excluding hydrogens is 308 g/mol. The molecule has 0 aromatic carbocycles. The van der Waals surface area contributed by atoms with E-state index in [0.29, 0.717) is 11.1 Å². The van der Waals surface area contributed by atoms with Gasteiger partial charge in [0, 0.05) is 24.7 Å². The second kappa shape index (κ2) is 7.07. The van der Waals surface area contributed by atoms with Gasteiger partial charge in [-0.15, -0.1) is 11.3 Å². The Kier molecular flexibility index (Phi) is 5.13. The molecule has 1 aliphatic rings. The highest BCUT2D eigenvalue weighted by molar-refractivity contribution is 7.15. The molecule has 2 aromatic heterocycles. The third-order valence-corrected chi connectivity index (χ3v) is 5.22. The summed E-state index contributed by atoms with van der Waals surface area (Å²) in [6, 6.07) is 0. The Morgan fingerprint density at radius 2 is 2.24 bits per heavy atom. The summed E-state index contributed by atoms with van der Waals surface area (Å²) in [7, 11) is 0. The highest BCUT2D eigenvalue weighted by Crippen LogP contribution is 2.21. The van der Waals surface area contributed by atoms with E-state index in [9.17, 15) is 0 Å². The lowest BCUT2D eigenvalue weighted by Gasteiger charge is -2.31. The Balaban J connectivity index is 1.46. The maximum Gasteiger partial charge on any atom is 0.195 e. The number of nitrogens with one attached hydrogen (secondary N) is 1. The Morgan fingerprint density at radius 1 is 1.43 bits per heavy atom. The van der Waals surface area contributed by atoms with Crippen molar-refractivity contribution in [1.29, 1.82) is 0 Å². The van der Waals surface area contributed by atoms with Crippen LogP contribution in [-0.2, 0) is 6.54 Å². The summed E-state index contributed by atoms with van der Waals surface area (Å²) in [4.78, 5) is 7.63. The lowest BCUT2D eigenvalue weighted by atomic mass is 9.97. The highest BCUT2D eigenvalue weighted by Gasteiger charge is 2.19. The van der Waals surface area contributed by atoms with Gasteiger partial charge in [-0.3, -0.25) is 4.40 Å². The maximum atomic E-state index is 8.95. The first-order valence-electron chi connectivity index (χ1n) is 7.42. The SMILES string of the molecule is OCCN1CCC(CNCc2c(Cl)nc3sccn23)CC1. The molecule has 3 rings (SSSR count). The van der Waals surface area contributed by atoms with Crippen LogP contribution in [0.3, 0.4) is 0 Å². The molecule has 116 valence electrons. The van der Waals surface area contributed by atoms with Gasteiger partial charge in [0.2, 0.25) is 0 Å². The van der Waals surface area contributed by atoms with E-state index >= 15 is 0 Å². The van der Waals surface area contributed by atoms with E-state index in [1.807, 2.05) is 11.6 Å². The number of hydrogen-bond acceptors (Lipinski definition) is 5. The molecule has 2 N–H and O–H groups in total. The number of rotatable bonds is 6. The molecule has 0 amide bonds. The molecule has 2 aromatic rings. The van der Waals surface area contributed by atoms with Crippen LogP contribution in [0.1, 0.15) is 18.5 Å². The second-order valence-corrected chi connectivity index (χ2v) is 6.78. The van der Waals surface area contributed by atoms with Crippen molar-refractivity contribution >= 4 is 27.9 Å². The van der Waals surface area contributed by atoms with E-state index in [0.717, 1.165) is 43.4 Å². The van der Waals surface area contributed by atoms with Crippen LogP contribution in [0, 0.1) is 5.92 Å². The van der Waals surface area contributed by atoms with Gasteiger partial charge in [-0.25, -0.2) is 4.98 Å². The van der Waals surface area contributed by atoms with E-state index in [4.69, 9.17) is 16.7 Å². The van der Waals surface area contributed by atoms with Crippen LogP contribution in [0.15, 0.2) is 11.6 Å². The highest BCUT2D eigenvalue weighted by atomic mass is 35.5. The fourth-order valence-corrected chi connectivity index (χ4v) is 3.94. The third-order valence-electron chi connectivity index (χ3n) is 4.16. The van der Waals surface area contributed by atoms with Gasteiger partial charge in [0.25, 0.3) is 0 Å². The van der Waals surface area contributed by atoms with Crippen molar-refractivity contribution in [3.8, 4) is 0 Å². The van der Waals surface area contributed by atoms with Crippen LogP contribution in [0.5, 0.6) is 0 Å². The standard InChI is InChI=1S/C14H21ClN4OS/c15-13-12(19-6-8-21-14(19)17-13)10-16-9-11-1-3-18(4-2-11)5-7-20/h6,8,11,16,20H,1-5,7,9-10H2. The van der Waals surface area contributed by atoms with Crippen LogP contribution < -0.4 is 5.32 Å². The number of fused-ring (bicyclic) bond motifs is 1. The third kappa shape index (κ3) is 3.57. The molecule has 0 spiro atoms. The zero-order valence-corrected chi connectivity index (χ0v) is 13.5. The van der Waals surface area contributed by atoms with Crippen molar-refractivity contribution in [2.45, 2.75) is 19.4 Å². The van der Waals surface area contributed by atoms with Crippen molar-refractivity contribution in [1.82, 2.24) is 19.6 Å². The Morgan fingerprint density at radius 3 is 3.00 bits per heavy atom. The number of imidazole rings is 1. The molecule has 7 heteroatoms. The number of nitrogens with zero attached hydrogens (tertiary/aromatic N) is 3. The van der Waals surface area contributed by atoms with Crippen molar-refractivity contribution < 1.29 is 5.11 Å². The van der Waals surface area contributed by atoms with Crippen molar-refractivity contribution in [3.63, 3.8) is 0 Å². The first-order chi connectivity index (χ1) is 10.3. The number of hydrogen-bond donors (Lipinski definition) is 2. The quantitative estimate of drug-likeness (QED) is 0.849. The molecule has 1 saturated heterocycles. The molecular formula is C14H21ClN4OS. The zero-order valence-electron chi connectivity index (χ0n) is 12.0. The largest absolute Gasteiger partial charge is 0.395 e. The van der Waals surface area contributed by atoms with E-state index in [-0.39, 0.29) is 6.61 Å². The van der Waals surface area contributed by atoms with Gasteiger partial charge in [-0.2, -0.15) is 0 Å². The Labute approximate surface area is 133 Å². The number of thiazole rings is 1. The molecule has 3 heterocycles. The molecule has 21 heavy (non-hydrogen) atoms. The van der Waals surface area contributed by atoms with Gasteiger partial charge in [0.05, 0.1) is 12.3 Å². The molecule has 1 fully saturated rings. The summed E-state index contributed by atoms with van der Waals surface area (Å²) in [6.07, 6.45) is 4.41. The van der Waals surface area contributed by atoms with E-state index in [1.165, 1.54) is 12.8 Å². The van der Waals surface area contributed by atoms with Gasteiger partial charge in [-0.1, -0.05) is 11.6 Å². The average Bonchev–Trinajstić information content (AvgIpc) is 3.03. The van der Waals surface area contributed by atoms with Crippen LogP contribution >= 0.6 is 22.9 Å². The summed E-state index contributed by atoms with van der Waals surface area (Å²) in [5.41, 5.74) is 1.05. The van der Waals surface area contributed by atoms with Gasteiger partial charge in [-0.05, 0) is 38.4 Å². The van der Waals surface area contributed by atoms with Crippen LogP contribution in [0.2, 0.25) is 5.15 Å². The monoisotopic (exact) mass is 328 g/mol. The molecule has 5 nitrogen and oxygen atoms in total. The summed E-state index contributed by atoms with van der Waals surface area (Å²) < 4.78 is 2.06. The van der Waals surface area contributed by atoms with Crippen LogP contribution in [0.25, 0.3) is 4.96 Å². The molecule has 0 aliphatic carbocycles. The molecule has 0 unspecified atom stereocenters. The summed E-state index contributed by atoms with van der Waals surface area (Å²) in [6.45, 7) is 5.03. The van der Waals surface area contributed by atoms with Crippen molar-refractivity contribution in [2.75, 3.05) is 32.8 Å². The number of halogens is 1. The fraction of sp³-hybridized carbons (Fsp3) is 0.643. The minimum absolute atomic E-state index is 0.263. The van der Waals surface area contributed by atoms with E-state index in [2.05, 4.69) is 19.6 Å². The maximum absolute atomic E-state index is 8.95. The van der Waals surface area contributed by atoms with Gasteiger partial charge in [0.1, 0.15) is 0 Å². The Hall–Kier alpha value is -0.660. The summed E-state index contributed by atoms with van der Waals surface area (Å²) >= 11 is 7.79. The molecule has 0 atom stereocenters.